The third-order valence-corrected chi connectivity index (χ3v) is 4.45. The maximum Gasteiger partial charge on any atom is 0.335 e. The topological polar surface area (TPSA) is 95.9 Å². The minimum Gasteiger partial charge on any atom is -0.507 e. The molecule has 1 aliphatic heterocycles. The molecular weight excluding hydrogens is 428 g/mol. The Balaban J connectivity index is 1.94. The van der Waals surface area contributed by atoms with Crippen LogP contribution in [-0.2, 0) is 9.59 Å². The number of ether oxygens (including phenoxy) is 1. The summed E-state index contributed by atoms with van der Waals surface area (Å²) in [5, 5.41) is 12.1. The van der Waals surface area contributed by atoms with Gasteiger partial charge in [0.15, 0.2) is 0 Å². The first kappa shape index (κ1) is 19.6. The maximum atomic E-state index is 12.9. The molecule has 1 heterocycles. The highest BCUT2D eigenvalue weighted by atomic mass is 79.9. The number of rotatable bonds is 5. The lowest BCUT2D eigenvalue weighted by molar-refractivity contribution is -0.122. The average Bonchev–Trinajstić information content (AvgIpc) is 2.67. The fourth-order valence-electron chi connectivity index (χ4n) is 2.60. The highest BCUT2D eigenvalue weighted by Crippen LogP contribution is 2.27. The summed E-state index contributed by atoms with van der Waals surface area (Å²) in [5.74, 6) is -1.09. The molecule has 0 spiro atoms. The minimum atomic E-state index is -0.840. The first-order valence-corrected chi connectivity index (χ1v) is 9.33. The number of carbonyl (C=O) groups is 3. The van der Waals surface area contributed by atoms with Gasteiger partial charge in [-0.1, -0.05) is 22.9 Å². The third kappa shape index (κ3) is 4.07. The molecule has 0 radical (unpaired) electrons. The van der Waals surface area contributed by atoms with E-state index in [9.17, 15) is 19.5 Å². The molecule has 8 heteroatoms. The number of nitrogens with one attached hydrogen (secondary N) is 1. The first-order chi connectivity index (χ1) is 13.4. The Labute approximate surface area is 169 Å². The second-order valence-corrected chi connectivity index (χ2v) is 6.92. The van der Waals surface area contributed by atoms with Gasteiger partial charge in [-0.15, -0.1) is 0 Å². The quantitative estimate of drug-likeness (QED) is 0.542. The van der Waals surface area contributed by atoms with Crippen LogP contribution in [0.25, 0.3) is 6.08 Å². The van der Waals surface area contributed by atoms with Crippen molar-refractivity contribution in [1.82, 2.24) is 5.32 Å². The molecule has 3 rings (SSSR count). The molecule has 0 saturated carbocycles. The molecule has 2 N–H and O–H groups in total. The van der Waals surface area contributed by atoms with Crippen LogP contribution in [0.2, 0.25) is 0 Å². The number of imide groups is 2. The van der Waals surface area contributed by atoms with E-state index in [1.54, 1.807) is 36.4 Å². The summed E-state index contributed by atoms with van der Waals surface area (Å²) in [6, 6.07) is 10.2. The van der Waals surface area contributed by atoms with Gasteiger partial charge >= 0.3 is 6.03 Å². The van der Waals surface area contributed by atoms with Gasteiger partial charge in [-0.25, -0.2) is 9.69 Å². The number of aromatic hydroxyl groups is 1. The van der Waals surface area contributed by atoms with Gasteiger partial charge in [-0.3, -0.25) is 14.9 Å². The fraction of sp³-hybridized carbons (Fsp3) is 0.150. The molecule has 2 aromatic rings. The molecule has 1 fully saturated rings. The van der Waals surface area contributed by atoms with Crippen molar-refractivity contribution in [3.63, 3.8) is 0 Å². The number of nitrogens with zero attached hydrogens (tertiary/aromatic N) is 1. The lowest BCUT2D eigenvalue weighted by atomic mass is 10.1. The average molecular weight is 445 g/mol. The molecular formula is C20H17BrN2O5. The molecule has 0 atom stereocenters. The van der Waals surface area contributed by atoms with Crippen molar-refractivity contribution in [3.05, 3.63) is 58.1 Å². The van der Waals surface area contributed by atoms with Gasteiger partial charge in [0.05, 0.1) is 12.3 Å². The standard InChI is InChI=1S/C20H17BrN2O5/c1-2-9-28-15-6-4-14(5-7-15)23-19(26)16(18(25)22-20(23)27)11-12-10-13(21)3-8-17(12)24/h3-8,10-11,24H,2,9H2,1H3,(H,22,25,27)/b16-11-. The number of barbiturate groups is 1. The molecule has 0 aromatic heterocycles. The summed E-state index contributed by atoms with van der Waals surface area (Å²) in [7, 11) is 0. The van der Waals surface area contributed by atoms with E-state index >= 15 is 0 Å². The molecule has 1 aliphatic rings. The van der Waals surface area contributed by atoms with Crippen LogP contribution >= 0.6 is 15.9 Å². The van der Waals surface area contributed by atoms with E-state index in [0.717, 1.165) is 11.3 Å². The van der Waals surface area contributed by atoms with Crippen molar-refractivity contribution in [2.24, 2.45) is 0 Å². The minimum absolute atomic E-state index is 0.0998. The number of benzene rings is 2. The van der Waals surface area contributed by atoms with Gasteiger partial charge in [0.25, 0.3) is 11.8 Å². The number of urea groups is 1. The van der Waals surface area contributed by atoms with E-state index in [1.807, 2.05) is 6.92 Å². The Morgan fingerprint density at radius 1 is 1.14 bits per heavy atom. The summed E-state index contributed by atoms with van der Waals surface area (Å²) in [5.41, 5.74) is 0.299. The number of halogens is 1. The molecule has 4 amide bonds. The highest BCUT2D eigenvalue weighted by Gasteiger charge is 2.36. The van der Waals surface area contributed by atoms with E-state index in [1.165, 1.54) is 12.1 Å². The zero-order chi connectivity index (χ0) is 20.3. The molecule has 0 bridgehead atoms. The van der Waals surface area contributed by atoms with E-state index < -0.39 is 17.8 Å². The number of amides is 4. The van der Waals surface area contributed by atoms with Crippen LogP contribution in [-0.4, -0.2) is 29.6 Å². The lowest BCUT2D eigenvalue weighted by Crippen LogP contribution is -2.54. The normalized spacial score (nSPS) is 15.7. The zero-order valence-corrected chi connectivity index (χ0v) is 16.5. The number of hydrogen-bond donors (Lipinski definition) is 2. The molecule has 0 unspecified atom stereocenters. The van der Waals surface area contributed by atoms with Gasteiger partial charge in [0, 0.05) is 10.0 Å². The van der Waals surface area contributed by atoms with E-state index in [0.29, 0.717) is 22.5 Å². The Hall–Kier alpha value is -3.13. The third-order valence-electron chi connectivity index (χ3n) is 3.96. The molecule has 7 nitrogen and oxygen atoms in total. The van der Waals surface area contributed by atoms with Crippen LogP contribution < -0.4 is 15.0 Å². The smallest absolute Gasteiger partial charge is 0.335 e. The highest BCUT2D eigenvalue weighted by molar-refractivity contribution is 9.10. The Morgan fingerprint density at radius 3 is 2.54 bits per heavy atom. The monoisotopic (exact) mass is 444 g/mol. The van der Waals surface area contributed by atoms with Gasteiger partial charge in [0.1, 0.15) is 17.1 Å². The van der Waals surface area contributed by atoms with Crippen molar-refractivity contribution in [2.45, 2.75) is 13.3 Å². The molecule has 1 saturated heterocycles. The predicted molar refractivity (Wildman–Crippen MR) is 107 cm³/mol. The second kappa shape index (κ2) is 8.26. The van der Waals surface area contributed by atoms with Crippen molar-refractivity contribution < 1.29 is 24.2 Å². The van der Waals surface area contributed by atoms with Crippen LogP contribution in [0.4, 0.5) is 10.5 Å². The van der Waals surface area contributed by atoms with Gasteiger partial charge in [0.2, 0.25) is 0 Å². The molecule has 2 aromatic carbocycles. The van der Waals surface area contributed by atoms with Crippen LogP contribution in [0.1, 0.15) is 18.9 Å². The van der Waals surface area contributed by atoms with Crippen LogP contribution in [0.5, 0.6) is 11.5 Å². The van der Waals surface area contributed by atoms with Gasteiger partial charge in [-0.05, 0) is 55.0 Å². The van der Waals surface area contributed by atoms with Crippen molar-refractivity contribution >= 4 is 45.5 Å². The van der Waals surface area contributed by atoms with Crippen LogP contribution in [0, 0.1) is 0 Å². The summed E-state index contributed by atoms with van der Waals surface area (Å²) < 4.78 is 6.15. The van der Waals surface area contributed by atoms with Crippen molar-refractivity contribution in [2.75, 3.05) is 11.5 Å². The van der Waals surface area contributed by atoms with Gasteiger partial charge < -0.3 is 9.84 Å². The second-order valence-electron chi connectivity index (χ2n) is 6.00. The van der Waals surface area contributed by atoms with E-state index in [-0.39, 0.29) is 16.9 Å². The number of carbonyl (C=O) groups excluding carboxylic acids is 3. The number of anilines is 1. The molecule has 0 aliphatic carbocycles. The van der Waals surface area contributed by atoms with Gasteiger partial charge in [-0.2, -0.15) is 0 Å². The van der Waals surface area contributed by atoms with Crippen LogP contribution in [0.3, 0.4) is 0 Å². The molecule has 144 valence electrons. The first-order valence-electron chi connectivity index (χ1n) is 8.53. The SMILES string of the molecule is CCCOc1ccc(N2C(=O)NC(=O)/C(=C/c3cc(Br)ccc3O)C2=O)cc1. The summed E-state index contributed by atoms with van der Waals surface area (Å²) >= 11 is 3.27. The largest absolute Gasteiger partial charge is 0.507 e. The predicted octanol–water partition coefficient (Wildman–Crippen LogP) is 3.61. The fourth-order valence-corrected chi connectivity index (χ4v) is 2.98. The molecule has 28 heavy (non-hydrogen) atoms. The number of phenols is 1. The van der Waals surface area contributed by atoms with Crippen molar-refractivity contribution in [1.29, 1.82) is 0 Å². The number of phenolic OH excluding ortho intramolecular Hbond substituents is 1. The lowest BCUT2D eigenvalue weighted by Gasteiger charge is -2.26. The van der Waals surface area contributed by atoms with E-state index in [4.69, 9.17) is 4.74 Å². The summed E-state index contributed by atoms with van der Waals surface area (Å²) in [6.45, 7) is 2.54. The maximum absolute atomic E-state index is 12.9. The number of hydrogen-bond acceptors (Lipinski definition) is 5. The summed E-state index contributed by atoms with van der Waals surface area (Å²) in [6.07, 6.45) is 2.10. The van der Waals surface area contributed by atoms with Crippen LogP contribution in [0.15, 0.2) is 52.5 Å². The zero-order valence-electron chi connectivity index (χ0n) is 14.9. The Morgan fingerprint density at radius 2 is 1.86 bits per heavy atom. The Bertz CT molecular complexity index is 969. The Kier molecular flexibility index (Phi) is 5.79. The van der Waals surface area contributed by atoms with Crippen molar-refractivity contribution in [3.8, 4) is 11.5 Å². The van der Waals surface area contributed by atoms with E-state index in [2.05, 4.69) is 21.2 Å². The summed E-state index contributed by atoms with van der Waals surface area (Å²) in [4.78, 5) is 38.2.